The standard InChI is InChI=1S/C15H27N3O/c1-18(14(19)17-3-2-16)10-15-7-11-4-12(8-15)6-13(5-11)9-15/h11-13H,2-10,16H2,1H3,(H,17,19). The molecule has 0 aromatic rings. The van der Waals surface area contributed by atoms with Gasteiger partial charge in [0.25, 0.3) is 0 Å². The summed E-state index contributed by atoms with van der Waals surface area (Å²) in [5.41, 5.74) is 5.87. The van der Waals surface area contributed by atoms with Gasteiger partial charge in [-0.2, -0.15) is 0 Å². The minimum atomic E-state index is 0.0428. The molecule has 0 aromatic carbocycles. The van der Waals surface area contributed by atoms with Gasteiger partial charge in [0.15, 0.2) is 0 Å². The molecule has 4 fully saturated rings. The SMILES string of the molecule is CN(CC12CC3CC(CC(C3)C1)C2)C(=O)NCCN. The maximum absolute atomic E-state index is 12.0. The highest BCUT2D eigenvalue weighted by atomic mass is 16.2. The molecule has 2 amide bonds. The number of rotatable bonds is 4. The van der Waals surface area contributed by atoms with Crippen molar-refractivity contribution in [2.24, 2.45) is 28.9 Å². The Morgan fingerprint density at radius 3 is 2.21 bits per heavy atom. The zero-order valence-corrected chi connectivity index (χ0v) is 12.0. The summed E-state index contributed by atoms with van der Waals surface area (Å²) in [5.74, 6) is 2.85. The number of hydrogen-bond donors (Lipinski definition) is 2. The average molecular weight is 265 g/mol. The third-order valence-electron chi connectivity index (χ3n) is 5.50. The van der Waals surface area contributed by atoms with Crippen LogP contribution in [0.2, 0.25) is 0 Å². The summed E-state index contributed by atoms with van der Waals surface area (Å²) in [7, 11) is 1.93. The number of nitrogens with zero attached hydrogens (tertiary/aromatic N) is 1. The number of carbonyl (C=O) groups is 1. The zero-order chi connectivity index (χ0) is 13.5. The first kappa shape index (κ1) is 13.2. The van der Waals surface area contributed by atoms with Gasteiger partial charge in [-0.1, -0.05) is 0 Å². The molecule has 4 heteroatoms. The topological polar surface area (TPSA) is 58.4 Å². The molecule has 0 unspecified atom stereocenters. The van der Waals surface area contributed by atoms with Gasteiger partial charge < -0.3 is 16.0 Å². The van der Waals surface area contributed by atoms with E-state index in [0.717, 1.165) is 24.3 Å². The molecule has 0 spiro atoms. The van der Waals surface area contributed by atoms with Gasteiger partial charge in [0.05, 0.1) is 0 Å². The Morgan fingerprint density at radius 2 is 1.74 bits per heavy atom. The van der Waals surface area contributed by atoms with Gasteiger partial charge in [-0.05, 0) is 61.7 Å². The van der Waals surface area contributed by atoms with E-state index in [-0.39, 0.29) is 6.03 Å². The lowest BCUT2D eigenvalue weighted by Crippen LogP contribution is -2.52. The Labute approximate surface area is 116 Å². The fourth-order valence-corrected chi connectivity index (χ4v) is 5.37. The van der Waals surface area contributed by atoms with Crippen molar-refractivity contribution >= 4 is 6.03 Å². The molecule has 0 heterocycles. The lowest BCUT2D eigenvalue weighted by molar-refractivity contribution is -0.0616. The molecule has 4 saturated carbocycles. The van der Waals surface area contributed by atoms with Crippen LogP contribution in [0.5, 0.6) is 0 Å². The van der Waals surface area contributed by atoms with E-state index in [9.17, 15) is 4.79 Å². The Bertz CT molecular complexity index is 320. The van der Waals surface area contributed by atoms with Gasteiger partial charge in [0.2, 0.25) is 0 Å². The molecule has 0 aromatic heterocycles. The minimum absolute atomic E-state index is 0.0428. The molecule has 0 aliphatic heterocycles. The fourth-order valence-electron chi connectivity index (χ4n) is 5.37. The summed E-state index contributed by atoms with van der Waals surface area (Å²) in [6.07, 6.45) is 8.45. The van der Waals surface area contributed by atoms with Crippen molar-refractivity contribution in [1.82, 2.24) is 10.2 Å². The van der Waals surface area contributed by atoms with Gasteiger partial charge >= 0.3 is 6.03 Å². The largest absolute Gasteiger partial charge is 0.337 e. The smallest absolute Gasteiger partial charge is 0.317 e. The Kier molecular flexibility index (Phi) is 3.46. The van der Waals surface area contributed by atoms with Crippen LogP contribution in [-0.4, -0.2) is 37.6 Å². The summed E-state index contributed by atoms with van der Waals surface area (Å²) in [6, 6.07) is 0.0428. The van der Waals surface area contributed by atoms with E-state index in [4.69, 9.17) is 5.73 Å². The van der Waals surface area contributed by atoms with Crippen molar-refractivity contribution in [2.75, 3.05) is 26.7 Å². The summed E-state index contributed by atoms with van der Waals surface area (Å²) in [5, 5.41) is 2.88. The molecule has 0 radical (unpaired) electrons. The summed E-state index contributed by atoms with van der Waals surface area (Å²) in [6.45, 7) is 2.02. The van der Waals surface area contributed by atoms with Crippen LogP contribution in [0.4, 0.5) is 4.79 Å². The molecule has 3 N–H and O–H groups in total. The van der Waals surface area contributed by atoms with Crippen molar-refractivity contribution in [1.29, 1.82) is 0 Å². The average Bonchev–Trinajstić information content (AvgIpc) is 2.33. The van der Waals surface area contributed by atoms with Gasteiger partial charge in [-0.25, -0.2) is 4.79 Å². The Hall–Kier alpha value is -0.770. The molecule has 4 rings (SSSR count). The van der Waals surface area contributed by atoms with Crippen LogP contribution in [-0.2, 0) is 0 Å². The van der Waals surface area contributed by atoms with Gasteiger partial charge in [-0.15, -0.1) is 0 Å². The molecule has 4 bridgehead atoms. The number of nitrogens with one attached hydrogen (secondary N) is 1. The first-order valence-electron chi connectivity index (χ1n) is 7.79. The van der Waals surface area contributed by atoms with Crippen LogP contribution < -0.4 is 11.1 Å². The first-order chi connectivity index (χ1) is 9.10. The summed E-state index contributed by atoms with van der Waals surface area (Å²) in [4.78, 5) is 13.9. The monoisotopic (exact) mass is 265 g/mol. The number of hydrogen-bond acceptors (Lipinski definition) is 2. The third kappa shape index (κ3) is 2.60. The first-order valence-corrected chi connectivity index (χ1v) is 7.79. The molecule has 4 aliphatic rings. The van der Waals surface area contributed by atoms with Crippen LogP contribution in [0.1, 0.15) is 38.5 Å². The van der Waals surface area contributed by atoms with Crippen molar-refractivity contribution < 1.29 is 4.79 Å². The van der Waals surface area contributed by atoms with Crippen LogP contribution in [0.25, 0.3) is 0 Å². The van der Waals surface area contributed by atoms with Crippen molar-refractivity contribution in [3.8, 4) is 0 Å². The Balaban J connectivity index is 1.61. The van der Waals surface area contributed by atoms with Crippen LogP contribution in [0.3, 0.4) is 0 Å². The molecule has 0 atom stereocenters. The minimum Gasteiger partial charge on any atom is -0.337 e. The van der Waals surface area contributed by atoms with E-state index < -0.39 is 0 Å². The third-order valence-corrected chi connectivity index (χ3v) is 5.50. The second-order valence-corrected chi connectivity index (χ2v) is 7.29. The highest BCUT2D eigenvalue weighted by Gasteiger charge is 2.51. The predicted molar refractivity (Wildman–Crippen MR) is 75.7 cm³/mol. The molecule has 0 saturated heterocycles. The quantitative estimate of drug-likeness (QED) is 0.814. The van der Waals surface area contributed by atoms with E-state index in [1.807, 2.05) is 11.9 Å². The Morgan fingerprint density at radius 1 is 1.21 bits per heavy atom. The molecule has 19 heavy (non-hydrogen) atoms. The number of nitrogens with two attached hydrogens (primary N) is 1. The van der Waals surface area contributed by atoms with Gasteiger partial charge in [0, 0.05) is 26.7 Å². The molecule has 108 valence electrons. The van der Waals surface area contributed by atoms with Crippen molar-refractivity contribution in [2.45, 2.75) is 38.5 Å². The summed E-state index contributed by atoms with van der Waals surface area (Å²) >= 11 is 0. The highest BCUT2D eigenvalue weighted by Crippen LogP contribution is 2.60. The fraction of sp³-hybridized carbons (Fsp3) is 0.933. The lowest BCUT2D eigenvalue weighted by Gasteiger charge is -2.57. The van der Waals surface area contributed by atoms with Crippen molar-refractivity contribution in [3.05, 3.63) is 0 Å². The zero-order valence-electron chi connectivity index (χ0n) is 12.0. The second-order valence-electron chi connectivity index (χ2n) is 7.29. The van der Waals surface area contributed by atoms with E-state index in [1.54, 1.807) is 0 Å². The van der Waals surface area contributed by atoms with Crippen LogP contribution >= 0.6 is 0 Å². The lowest BCUT2D eigenvalue weighted by atomic mass is 9.49. The number of amides is 2. The summed E-state index contributed by atoms with van der Waals surface area (Å²) < 4.78 is 0. The van der Waals surface area contributed by atoms with Crippen LogP contribution in [0, 0.1) is 23.2 Å². The van der Waals surface area contributed by atoms with E-state index in [1.165, 1.54) is 38.5 Å². The highest BCUT2D eigenvalue weighted by molar-refractivity contribution is 5.73. The van der Waals surface area contributed by atoms with E-state index in [2.05, 4.69) is 5.32 Å². The molecule has 4 nitrogen and oxygen atoms in total. The maximum atomic E-state index is 12.0. The maximum Gasteiger partial charge on any atom is 0.317 e. The number of urea groups is 1. The van der Waals surface area contributed by atoms with Gasteiger partial charge in [0.1, 0.15) is 0 Å². The molecular weight excluding hydrogens is 238 g/mol. The molecule has 4 aliphatic carbocycles. The molecular formula is C15H27N3O. The van der Waals surface area contributed by atoms with Gasteiger partial charge in [-0.3, -0.25) is 0 Å². The van der Waals surface area contributed by atoms with Crippen LogP contribution in [0.15, 0.2) is 0 Å². The van der Waals surface area contributed by atoms with E-state index >= 15 is 0 Å². The van der Waals surface area contributed by atoms with E-state index in [0.29, 0.717) is 18.5 Å². The van der Waals surface area contributed by atoms with Crippen molar-refractivity contribution in [3.63, 3.8) is 0 Å². The second kappa shape index (κ2) is 4.97. The number of carbonyl (C=O) groups excluding carboxylic acids is 1. The predicted octanol–water partition coefficient (Wildman–Crippen LogP) is 1.80. The normalized spacial score (nSPS) is 39.4.